The minimum absolute atomic E-state index is 0.274. The van der Waals surface area contributed by atoms with Gasteiger partial charge in [0.1, 0.15) is 5.78 Å². The number of ketones is 1. The molecule has 0 aliphatic heterocycles. The highest BCUT2D eigenvalue weighted by atomic mass is 16.1. The first-order valence-electron chi connectivity index (χ1n) is 10.3. The van der Waals surface area contributed by atoms with Crippen molar-refractivity contribution >= 4 is 5.78 Å². The Morgan fingerprint density at radius 2 is 1.29 bits per heavy atom. The van der Waals surface area contributed by atoms with Crippen LogP contribution in [0.1, 0.15) is 58.1 Å². The molecule has 4 bridgehead atoms. The molecule has 0 saturated heterocycles. The van der Waals surface area contributed by atoms with Crippen LogP contribution in [0.4, 0.5) is 0 Å². The molecule has 0 unspecified atom stereocenters. The molecular weight excluding hydrogens is 340 g/mol. The highest BCUT2D eigenvalue weighted by Gasteiger charge is 2.67. The van der Waals surface area contributed by atoms with Gasteiger partial charge >= 0.3 is 0 Å². The van der Waals surface area contributed by atoms with Gasteiger partial charge in [0.2, 0.25) is 0 Å². The second-order valence-corrected chi connectivity index (χ2v) is 8.76. The number of benzene rings is 3. The van der Waals surface area contributed by atoms with E-state index in [1.807, 2.05) is 0 Å². The van der Waals surface area contributed by atoms with Crippen molar-refractivity contribution in [3.05, 3.63) is 118 Å². The zero-order chi connectivity index (χ0) is 18.5. The summed E-state index contributed by atoms with van der Waals surface area (Å²) in [6.07, 6.45) is 6.18. The van der Waals surface area contributed by atoms with Gasteiger partial charge < -0.3 is 0 Å². The van der Waals surface area contributed by atoms with E-state index in [0.29, 0.717) is 18.1 Å². The molecule has 0 amide bonds. The number of rotatable bonds is 0. The average Bonchev–Trinajstić information content (AvgIpc) is 3.00. The van der Waals surface area contributed by atoms with Crippen molar-refractivity contribution in [2.24, 2.45) is 0 Å². The van der Waals surface area contributed by atoms with E-state index in [0.717, 1.165) is 6.42 Å². The van der Waals surface area contributed by atoms with Crippen molar-refractivity contribution in [3.8, 4) is 0 Å². The highest BCUT2D eigenvalue weighted by Crippen LogP contribution is 2.68. The van der Waals surface area contributed by atoms with E-state index in [2.05, 4.69) is 84.9 Å². The number of carbonyl (C=O) groups excluding carboxylic acids is 1. The number of hydrogen-bond acceptors (Lipinski definition) is 1. The monoisotopic (exact) mass is 360 g/mol. The maximum atomic E-state index is 13.8. The Morgan fingerprint density at radius 3 is 1.96 bits per heavy atom. The van der Waals surface area contributed by atoms with E-state index in [1.165, 1.54) is 33.4 Å². The summed E-state index contributed by atoms with van der Waals surface area (Å²) in [6.45, 7) is 0. The lowest BCUT2D eigenvalue weighted by Gasteiger charge is -2.56. The maximum absolute atomic E-state index is 13.8. The van der Waals surface area contributed by atoms with Crippen LogP contribution in [0.3, 0.4) is 0 Å². The van der Waals surface area contributed by atoms with Gasteiger partial charge in [-0.2, -0.15) is 0 Å². The molecule has 1 nitrogen and oxygen atoms in total. The van der Waals surface area contributed by atoms with Crippen LogP contribution in [0.25, 0.3) is 0 Å². The molecule has 2 atom stereocenters. The van der Waals surface area contributed by atoms with E-state index in [9.17, 15) is 4.79 Å². The van der Waals surface area contributed by atoms with E-state index < -0.39 is 5.41 Å². The van der Waals surface area contributed by atoms with Crippen LogP contribution in [-0.4, -0.2) is 5.78 Å². The summed E-state index contributed by atoms with van der Waals surface area (Å²) in [4.78, 5) is 13.8. The Balaban J connectivity index is 1.77. The van der Waals surface area contributed by atoms with E-state index in [1.54, 1.807) is 0 Å². The van der Waals surface area contributed by atoms with Crippen molar-refractivity contribution in [1.82, 2.24) is 0 Å². The normalized spacial score (nSPS) is 32.9. The molecular formula is C27H20O. The van der Waals surface area contributed by atoms with Gasteiger partial charge in [-0.05, 0) is 39.8 Å². The maximum Gasteiger partial charge on any atom is 0.148 e. The van der Waals surface area contributed by atoms with E-state index >= 15 is 0 Å². The van der Waals surface area contributed by atoms with Crippen LogP contribution in [0.2, 0.25) is 0 Å². The van der Waals surface area contributed by atoms with Gasteiger partial charge in [0.25, 0.3) is 0 Å². The highest BCUT2D eigenvalue weighted by molar-refractivity contribution is 6.00. The molecule has 134 valence electrons. The van der Waals surface area contributed by atoms with Gasteiger partial charge in [-0.3, -0.25) is 4.79 Å². The standard InChI is InChI=1S/C27H20O/c28-24-14-16-26-22-11-5-2-8-19(22)25(20-9-3-6-12-23(20)26)18-13-15-27(24,26)21-10-4-1-7-17(18)21/h1-13,15,18,25H,14,16H2/t18-,25?,26?,27+/m1/s1. The van der Waals surface area contributed by atoms with Gasteiger partial charge in [-0.15, -0.1) is 0 Å². The lowest BCUT2D eigenvalue weighted by molar-refractivity contribution is -0.121. The third-order valence-corrected chi connectivity index (χ3v) is 8.01. The lowest BCUT2D eigenvalue weighted by Crippen LogP contribution is -2.55. The summed E-state index contributed by atoms with van der Waals surface area (Å²) in [5, 5.41) is 0. The molecule has 1 heteroatoms. The fourth-order valence-corrected chi connectivity index (χ4v) is 7.14. The summed E-state index contributed by atoms with van der Waals surface area (Å²) in [5.74, 6) is 0.958. The molecule has 0 N–H and O–H groups in total. The van der Waals surface area contributed by atoms with E-state index in [-0.39, 0.29) is 11.3 Å². The first-order chi connectivity index (χ1) is 13.8. The zero-order valence-electron chi connectivity index (χ0n) is 15.6. The summed E-state index contributed by atoms with van der Waals surface area (Å²) in [6, 6.07) is 26.6. The molecule has 1 fully saturated rings. The van der Waals surface area contributed by atoms with Crippen molar-refractivity contribution in [1.29, 1.82) is 0 Å². The number of hydrogen-bond donors (Lipinski definition) is 0. The quantitative estimate of drug-likeness (QED) is 0.492. The fourth-order valence-electron chi connectivity index (χ4n) is 7.14. The average molecular weight is 360 g/mol. The van der Waals surface area contributed by atoms with Crippen molar-refractivity contribution in [3.63, 3.8) is 0 Å². The van der Waals surface area contributed by atoms with Crippen LogP contribution < -0.4 is 0 Å². The van der Waals surface area contributed by atoms with Crippen LogP contribution in [0, 0.1) is 0 Å². The van der Waals surface area contributed by atoms with Crippen molar-refractivity contribution in [2.75, 3.05) is 0 Å². The molecule has 3 aromatic carbocycles. The molecule has 0 aromatic heterocycles. The number of carbonyl (C=O) groups is 1. The zero-order valence-corrected chi connectivity index (χ0v) is 15.6. The summed E-state index contributed by atoms with van der Waals surface area (Å²) in [5.41, 5.74) is 7.32. The molecule has 3 aromatic rings. The molecule has 1 saturated carbocycles. The second kappa shape index (κ2) is 4.72. The third kappa shape index (κ3) is 1.35. The van der Waals surface area contributed by atoms with Crippen LogP contribution in [-0.2, 0) is 15.6 Å². The van der Waals surface area contributed by atoms with Crippen LogP contribution in [0.15, 0.2) is 84.9 Å². The molecule has 5 aliphatic rings. The van der Waals surface area contributed by atoms with Crippen molar-refractivity contribution < 1.29 is 4.79 Å². The largest absolute Gasteiger partial charge is 0.298 e. The smallest absolute Gasteiger partial charge is 0.148 e. The van der Waals surface area contributed by atoms with Gasteiger partial charge in [0, 0.05) is 23.7 Å². The van der Waals surface area contributed by atoms with Gasteiger partial charge in [-0.1, -0.05) is 84.9 Å². The Labute approximate surface area is 164 Å². The Kier molecular flexibility index (Phi) is 2.54. The first-order valence-corrected chi connectivity index (χ1v) is 10.3. The Morgan fingerprint density at radius 1 is 0.714 bits per heavy atom. The predicted molar refractivity (Wildman–Crippen MR) is 110 cm³/mol. The van der Waals surface area contributed by atoms with E-state index in [4.69, 9.17) is 0 Å². The second-order valence-electron chi connectivity index (χ2n) is 8.76. The van der Waals surface area contributed by atoms with Crippen LogP contribution in [0.5, 0.6) is 0 Å². The van der Waals surface area contributed by atoms with Gasteiger partial charge in [0.05, 0.1) is 5.41 Å². The molecule has 5 aliphatic carbocycles. The topological polar surface area (TPSA) is 17.1 Å². The Hall–Kier alpha value is -2.93. The van der Waals surface area contributed by atoms with Gasteiger partial charge in [0.15, 0.2) is 0 Å². The molecule has 8 rings (SSSR count). The summed E-state index contributed by atoms with van der Waals surface area (Å²) in [7, 11) is 0. The van der Waals surface area contributed by atoms with Crippen LogP contribution >= 0.6 is 0 Å². The van der Waals surface area contributed by atoms with Crippen molar-refractivity contribution in [2.45, 2.75) is 35.5 Å². The van der Waals surface area contributed by atoms with Gasteiger partial charge in [-0.25, -0.2) is 0 Å². The number of allylic oxidation sites excluding steroid dienone is 2. The molecule has 0 radical (unpaired) electrons. The minimum Gasteiger partial charge on any atom is -0.298 e. The lowest BCUT2D eigenvalue weighted by atomic mass is 9.45. The number of Topliss-reactive ketones (excluding diaryl/α,β-unsaturated/α-hetero) is 1. The molecule has 0 heterocycles. The summed E-state index contributed by atoms with van der Waals surface area (Å²) < 4.78 is 0. The predicted octanol–water partition coefficient (Wildman–Crippen LogP) is 5.39. The Bertz CT molecular complexity index is 1170. The third-order valence-electron chi connectivity index (χ3n) is 8.01. The molecule has 28 heavy (non-hydrogen) atoms. The SMILES string of the molecule is O=C1CCC23c4ccccc4C(c4ccccc42)[C@@H]2C=C[C@]13c1ccccc12. The summed E-state index contributed by atoms with van der Waals surface area (Å²) >= 11 is 0. The fraction of sp³-hybridized carbons (Fsp3) is 0.222. The first kappa shape index (κ1) is 15.0. The minimum atomic E-state index is -0.586. The molecule has 2 spiro atoms.